The number of anilines is 1. The predicted molar refractivity (Wildman–Crippen MR) is 77.6 cm³/mol. The van der Waals surface area contributed by atoms with Crippen LogP contribution < -0.4 is 4.90 Å². The zero-order valence-electron chi connectivity index (χ0n) is 11.4. The summed E-state index contributed by atoms with van der Waals surface area (Å²) in [7, 11) is 1.77. The van der Waals surface area contributed by atoms with Crippen LogP contribution in [0.5, 0.6) is 0 Å². The Morgan fingerprint density at radius 3 is 2.62 bits per heavy atom. The molecule has 1 aromatic carbocycles. The molecular weight excluding hydrogens is 341 g/mol. The van der Waals surface area contributed by atoms with Gasteiger partial charge in [-0.1, -0.05) is 0 Å². The van der Waals surface area contributed by atoms with E-state index in [1.807, 2.05) is 13.0 Å². The predicted octanol–water partition coefficient (Wildman–Crippen LogP) is 2.36. The third kappa shape index (κ3) is 2.17. The van der Waals surface area contributed by atoms with Crippen molar-refractivity contribution in [3.8, 4) is 0 Å². The van der Waals surface area contributed by atoms with Crippen LogP contribution in [-0.4, -0.2) is 21.5 Å². The monoisotopic (exact) mass is 351 g/mol. The van der Waals surface area contributed by atoms with Gasteiger partial charge in [-0.15, -0.1) is 0 Å². The van der Waals surface area contributed by atoms with Gasteiger partial charge in [0.2, 0.25) is 0 Å². The first kappa shape index (κ1) is 13.9. The molecule has 2 heterocycles. The highest BCUT2D eigenvalue weighted by Gasteiger charge is 2.38. The van der Waals surface area contributed by atoms with Gasteiger partial charge in [-0.2, -0.15) is 5.10 Å². The minimum atomic E-state index is -0.691. The molecule has 0 unspecified atom stereocenters. The highest BCUT2D eigenvalue weighted by atomic mass is 79.9. The molecular formula is C14H11BrFN3O2. The third-order valence-corrected chi connectivity index (χ3v) is 4.01. The van der Waals surface area contributed by atoms with E-state index in [0.29, 0.717) is 10.2 Å². The Bertz CT molecular complexity index is 785. The number of amides is 1. The number of aryl methyl sites for hydroxylation is 2. The van der Waals surface area contributed by atoms with Crippen LogP contribution in [-0.2, 0) is 18.4 Å². The summed E-state index contributed by atoms with van der Waals surface area (Å²) in [5.41, 5.74) is 2.11. The lowest BCUT2D eigenvalue weighted by Crippen LogP contribution is -2.30. The fraction of sp³-hybridized carbons (Fsp3) is 0.214. The van der Waals surface area contributed by atoms with E-state index in [-0.39, 0.29) is 12.1 Å². The van der Waals surface area contributed by atoms with Crippen molar-refractivity contribution in [3.63, 3.8) is 0 Å². The Labute approximate surface area is 128 Å². The molecule has 21 heavy (non-hydrogen) atoms. The van der Waals surface area contributed by atoms with Gasteiger partial charge in [-0.3, -0.25) is 19.2 Å². The van der Waals surface area contributed by atoms with E-state index >= 15 is 0 Å². The van der Waals surface area contributed by atoms with E-state index in [1.165, 1.54) is 11.0 Å². The van der Waals surface area contributed by atoms with Crippen LogP contribution in [0.3, 0.4) is 0 Å². The van der Waals surface area contributed by atoms with Gasteiger partial charge in [0.05, 0.1) is 29.2 Å². The normalized spacial score (nSPS) is 14.0. The zero-order chi connectivity index (χ0) is 15.3. The number of benzene rings is 1. The molecule has 2 aromatic rings. The van der Waals surface area contributed by atoms with E-state index in [2.05, 4.69) is 21.0 Å². The maximum atomic E-state index is 13.4. The van der Waals surface area contributed by atoms with E-state index in [1.54, 1.807) is 11.7 Å². The van der Waals surface area contributed by atoms with Gasteiger partial charge in [0, 0.05) is 11.5 Å². The second kappa shape index (κ2) is 4.77. The number of Topliss-reactive ketones (excluding diaryl/α,β-unsaturated/α-hetero) is 1. The first-order valence-corrected chi connectivity index (χ1v) is 7.02. The molecule has 0 atom stereocenters. The summed E-state index contributed by atoms with van der Waals surface area (Å²) in [6.07, 6.45) is 0. The van der Waals surface area contributed by atoms with Crippen molar-refractivity contribution in [2.24, 2.45) is 7.05 Å². The molecule has 1 aliphatic rings. The SMILES string of the molecule is Cc1cc(CN2C(=O)C(=O)c3cc(F)cc(Br)c32)n(C)n1. The fourth-order valence-electron chi connectivity index (χ4n) is 2.48. The van der Waals surface area contributed by atoms with Crippen LogP contribution in [0.2, 0.25) is 0 Å². The van der Waals surface area contributed by atoms with Crippen LogP contribution in [0.1, 0.15) is 21.7 Å². The van der Waals surface area contributed by atoms with E-state index < -0.39 is 17.5 Å². The molecule has 1 aliphatic heterocycles. The molecule has 5 nitrogen and oxygen atoms in total. The summed E-state index contributed by atoms with van der Waals surface area (Å²) in [4.78, 5) is 25.5. The number of nitrogens with zero attached hydrogens (tertiary/aromatic N) is 3. The molecule has 0 saturated heterocycles. The standard InChI is InChI=1S/C14H11BrFN3O2/c1-7-3-9(18(2)17-7)6-19-12-10(13(20)14(19)21)4-8(16)5-11(12)15/h3-5H,6H2,1-2H3. The molecule has 0 bridgehead atoms. The van der Waals surface area contributed by atoms with Crippen molar-refractivity contribution in [1.82, 2.24) is 9.78 Å². The smallest absolute Gasteiger partial charge is 0.298 e. The minimum absolute atomic E-state index is 0.0887. The maximum Gasteiger partial charge on any atom is 0.299 e. The molecule has 1 aromatic heterocycles. The Morgan fingerprint density at radius 2 is 2.00 bits per heavy atom. The molecule has 1 amide bonds. The minimum Gasteiger partial charge on any atom is -0.298 e. The topological polar surface area (TPSA) is 55.2 Å². The van der Waals surface area contributed by atoms with E-state index in [4.69, 9.17) is 0 Å². The van der Waals surface area contributed by atoms with Gasteiger partial charge in [-0.05, 0) is 41.1 Å². The summed E-state index contributed by atoms with van der Waals surface area (Å²) >= 11 is 3.22. The number of fused-ring (bicyclic) bond motifs is 1. The Kier molecular flexibility index (Phi) is 3.16. The first-order valence-electron chi connectivity index (χ1n) is 6.23. The van der Waals surface area contributed by atoms with Crippen LogP contribution in [0.15, 0.2) is 22.7 Å². The van der Waals surface area contributed by atoms with Crippen molar-refractivity contribution >= 4 is 33.3 Å². The number of hydrogen-bond acceptors (Lipinski definition) is 3. The molecule has 7 heteroatoms. The zero-order valence-corrected chi connectivity index (χ0v) is 12.9. The maximum absolute atomic E-state index is 13.4. The summed E-state index contributed by atoms with van der Waals surface area (Å²) in [6.45, 7) is 2.05. The van der Waals surface area contributed by atoms with Crippen molar-refractivity contribution in [1.29, 1.82) is 0 Å². The van der Waals surface area contributed by atoms with Gasteiger partial charge in [0.15, 0.2) is 0 Å². The van der Waals surface area contributed by atoms with Gasteiger partial charge >= 0.3 is 0 Å². The molecule has 0 radical (unpaired) electrons. The lowest BCUT2D eigenvalue weighted by atomic mass is 10.1. The molecule has 3 rings (SSSR count). The molecule has 0 saturated carbocycles. The number of ketones is 1. The lowest BCUT2D eigenvalue weighted by Gasteiger charge is -2.17. The first-order chi connectivity index (χ1) is 9.88. The van der Waals surface area contributed by atoms with Crippen LogP contribution >= 0.6 is 15.9 Å². The van der Waals surface area contributed by atoms with Gasteiger partial charge < -0.3 is 0 Å². The second-order valence-corrected chi connectivity index (χ2v) is 5.76. The van der Waals surface area contributed by atoms with Gasteiger partial charge in [-0.25, -0.2) is 4.39 Å². The summed E-state index contributed by atoms with van der Waals surface area (Å²) in [5, 5.41) is 4.21. The highest BCUT2D eigenvalue weighted by Crippen LogP contribution is 2.37. The van der Waals surface area contributed by atoms with Gasteiger partial charge in [0.25, 0.3) is 11.7 Å². The third-order valence-electron chi connectivity index (χ3n) is 3.40. The highest BCUT2D eigenvalue weighted by molar-refractivity contribution is 9.10. The Hall–Kier alpha value is -2.02. The van der Waals surface area contributed by atoms with Gasteiger partial charge in [0.1, 0.15) is 5.82 Å². The summed E-state index contributed by atoms with van der Waals surface area (Å²) in [5.74, 6) is -1.90. The van der Waals surface area contributed by atoms with Crippen LogP contribution in [0.4, 0.5) is 10.1 Å². The molecule has 0 N–H and O–H groups in total. The van der Waals surface area contributed by atoms with E-state index in [9.17, 15) is 14.0 Å². The Balaban J connectivity index is 2.07. The lowest BCUT2D eigenvalue weighted by molar-refractivity contribution is -0.114. The number of carbonyl (C=O) groups excluding carboxylic acids is 2. The molecule has 0 spiro atoms. The van der Waals surface area contributed by atoms with Crippen molar-refractivity contribution < 1.29 is 14.0 Å². The molecule has 108 valence electrons. The summed E-state index contributed by atoms with van der Waals surface area (Å²) < 4.78 is 15.5. The molecule has 0 aliphatic carbocycles. The quantitative estimate of drug-likeness (QED) is 0.780. The van der Waals surface area contributed by atoms with Crippen molar-refractivity contribution in [2.45, 2.75) is 13.5 Å². The Morgan fingerprint density at radius 1 is 1.29 bits per heavy atom. The number of halogens is 2. The molecule has 0 fully saturated rings. The number of rotatable bonds is 2. The van der Waals surface area contributed by atoms with Crippen molar-refractivity contribution in [2.75, 3.05) is 4.90 Å². The number of carbonyl (C=O) groups is 2. The van der Waals surface area contributed by atoms with Crippen LogP contribution in [0, 0.1) is 12.7 Å². The largest absolute Gasteiger partial charge is 0.299 e. The van der Waals surface area contributed by atoms with Crippen molar-refractivity contribution in [3.05, 3.63) is 45.4 Å². The number of aromatic nitrogens is 2. The van der Waals surface area contributed by atoms with E-state index in [0.717, 1.165) is 17.5 Å². The number of hydrogen-bond donors (Lipinski definition) is 0. The average Bonchev–Trinajstić information content (AvgIpc) is 2.83. The fourth-order valence-corrected chi connectivity index (χ4v) is 3.12. The summed E-state index contributed by atoms with van der Waals surface area (Å²) in [6, 6.07) is 4.17. The van der Waals surface area contributed by atoms with Crippen LogP contribution in [0.25, 0.3) is 0 Å². The second-order valence-electron chi connectivity index (χ2n) is 4.90. The average molecular weight is 352 g/mol.